The van der Waals surface area contributed by atoms with E-state index in [4.69, 9.17) is 9.26 Å². The molecule has 0 aromatic heterocycles. The summed E-state index contributed by atoms with van der Waals surface area (Å²) in [6, 6.07) is 16.7. The summed E-state index contributed by atoms with van der Waals surface area (Å²) in [7, 11) is -1.29. The zero-order chi connectivity index (χ0) is 23.5. The smallest absolute Gasteiger partial charge is 0.302 e. The lowest BCUT2D eigenvalue weighted by Gasteiger charge is -2.52. The predicted molar refractivity (Wildman–Crippen MR) is 137 cm³/mol. The van der Waals surface area contributed by atoms with Crippen molar-refractivity contribution in [3.8, 4) is 5.75 Å². The van der Waals surface area contributed by atoms with Crippen LogP contribution in [0, 0.1) is 23.2 Å². The van der Waals surface area contributed by atoms with Crippen LogP contribution in [-0.2, 0) is 15.5 Å². The number of ether oxygens (including phenoxy) is 1. The number of benzene rings is 2. The maximum absolute atomic E-state index is 14.5. The van der Waals surface area contributed by atoms with Crippen LogP contribution in [0.4, 0.5) is 0 Å². The molecule has 1 aliphatic heterocycles. The van der Waals surface area contributed by atoms with E-state index in [0.29, 0.717) is 23.7 Å². The van der Waals surface area contributed by atoms with Gasteiger partial charge in [0.25, 0.3) is 0 Å². The second-order valence-corrected chi connectivity index (χ2v) is 13.6. The fraction of sp³-hybridized carbons (Fsp3) is 0.586. The lowest BCUT2D eigenvalue weighted by Crippen LogP contribution is -2.49. The van der Waals surface area contributed by atoms with E-state index in [1.807, 2.05) is 30.3 Å². The molecule has 4 nitrogen and oxygen atoms in total. The van der Waals surface area contributed by atoms with Gasteiger partial charge in [0.15, 0.2) is 0 Å². The van der Waals surface area contributed by atoms with E-state index < -0.39 is 7.52 Å². The number of hydrogen-bond donors (Lipinski definition) is 0. The van der Waals surface area contributed by atoms with Crippen LogP contribution >= 0.6 is 7.52 Å². The summed E-state index contributed by atoms with van der Waals surface area (Å²) < 4.78 is 29.1. The normalized spacial score (nSPS) is 39.0. The van der Waals surface area contributed by atoms with E-state index in [2.05, 4.69) is 36.7 Å². The number of fused-ring (bicyclic) bond motifs is 7. The van der Waals surface area contributed by atoms with Crippen LogP contribution in [0.3, 0.4) is 0 Å². The van der Waals surface area contributed by atoms with Gasteiger partial charge in [-0.3, -0.25) is 4.57 Å². The average molecular weight is 480 g/mol. The maximum atomic E-state index is 14.5. The van der Waals surface area contributed by atoms with Gasteiger partial charge in [0, 0.05) is 13.1 Å². The van der Waals surface area contributed by atoms with E-state index in [9.17, 15) is 4.57 Å². The molecule has 6 rings (SSSR count). The maximum Gasteiger partial charge on any atom is 0.302 e. The van der Waals surface area contributed by atoms with Crippen molar-refractivity contribution in [1.82, 2.24) is 4.67 Å². The average Bonchev–Trinajstić information content (AvgIpc) is 3.15. The zero-order valence-electron chi connectivity index (χ0n) is 20.8. The summed E-state index contributed by atoms with van der Waals surface area (Å²) in [6.45, 7) is 6.38. The minimum Gasteiger partial charge on any atom is -0.497 e. The van der Waals surface area contributed by atoms with E-state index in [1.165, 1.54) is 24.8 Å². The lowest BCUT2D eigenvalue weighted by atomic mass is 9.55. The number of nitrogens with zero attached hydrogens (tertiary/aromatic N) is 1. The highest BCUT2D eigenvalue weighted by atomic mass is 31.2. The molecule has 2 aromatic rings. The summed E-state index contributed by atoms with van der Waals surface area (Å²) in [5, 5.41) is 0.864. The Balaban J connectivity index is 1.33. The first-order valence-corrected chi connectivity index (χ1v) is 14.8. The van der Waals surface area contributed by atoms with Crippen molar-refractivity contribution in [2.75, 3.05) is 20.2 Å². The molecule has 0 radical (unpaired) electrons. The molecule has 0 spiro atoms. The molecule has 1 unspecified atom stereocenters. The number of rotatable bonds is 4. The van der Waals surface area contributed by atoms with E-state index in [1.54, 1.807) is 12.7 Å². The topological polar surface area (TPSA) is 38.8 Å². The SMILES string of the molecule is CCCN1C[C@H]2C[C@H]3[C@@H]4CCc5cc(OC)ccc5[C@H]4CC[C@]3(C)[C@H]2OP1(=O)c1ccccc1. The van der Waals surface area contributed by atoms with Crippen molar-refractivity contribution in [3.63, 3.8) is 0 Å². The van der Waals surface area contributed by atoms with Crippen molar-refractivity contribution in [2.45, 2.75) is 64.4 Å². The van der Waals surface area contributed by atoms with E-state index in [0.717, 1.165) is 43.4 Å². The van der Waals surface area contributed by atoms with Gasteiger partial charge in [-0.1, -0.05) is 38.1 Å². The standard InChI is InChI=1S/C29H38NO3P/c1-4-16-30-19-21-18-27-26-12-10-20-17-22(32-3)11-13-24(20)25(26)14-15-29(27,2)28(21)33-34(30,31)23-8-6-5-7-9-23/h5-9,11,13,17,21,25-28H,4,10,12,14-16,18-19H2,1-3H3/t21-,25-,26-,27+,28+,29+,34?/m1/s1. The largest absolute Gasteiger partial charge is 0.497 e. The van der Waals surface area contributed by atoms with Gasteiger partial charge >= 0.3 is 7.52 Å². The quantitative estimate of drug-likeness (QED) is 0.475. The number of aryl methyl sites for hydroxylation is 1. The second kappa shape index (κ2) is 8.50. The minimum atomic E-state index is -3.05. The molecule has 0 amide bonds. The summed E-state index contributed by atoms with van der Waals surface area (Å²) in [5.41, 5.74) is 3.15. The molecule has 3 aliphatic carbocycles. The third kappa shape index (κ3) is 3.36. The molecule has 1 heterocycles. The van der Waals surface area contributed by atoms with Crippen LogP contribution in [0.25, 0.3) is 0 Å². The Hall–Kier alpha value is -1.61. The van der Waals surface area contributed by atoms with Gasteiger partial charge in [0.2, 0.25) is 0 Å². The van der Waals surface area contributed by atoms with Crippen LogP contribution in [-0.4, -0.2) is 31.0 Å². The molecule has 5 heteroatoms. The minimum absolute atomic E-state index is 0.0925. The Morgan fingerprint density at radius 1 is 1.18 bits per heavy atom. The summed E-state index contributed by atoms with van der Waals surface area (Å²) in [5.74, 6) is 3.43. The molecular formula is C29H38NO3P. The Labute approximate surface area is 204 Å². The highest BCUT2D eigenvalue weighted by Gasteiger charge is 2.62. The van der Waals surface area contributed by atoms with Crippen LogP contribution < -0.4 is 10.0 Å². The Bertz CT molecular complexity index is 1100. The first kappa shape index (κ1) is 22.8. The molecule has 7 atom stereocenters. The van der Waals surface area contributed by atoms with Gasteiger partial charge < -0.3 is 9.26 Å². The van der Waals surface area contributed by atoms with E-state index in [-0.39, 0.29) is 11.5 Å². The Morgan fingerprint density at radius 3 is 2.76 bits per heavy atom. The monoisotopic (exact) mass is 479 g/mol. The van der Waals surface area contributed by atoms with Gasteiger partial charge in [0.05, 0.1) is 18.5 Å². The summed E-state index contributed by atoms with van der Waals surface area (Å²) in [6.07, 6.45) is 7.05. The molecule has 34 heavy (non-hydrogen) atoms. The highest BCUT2D eigenvalue weighted by Crippen LogP contribution is 2.68. The van der Waals surface area contributed by atoms with Crippen molar-refractivity contribution in [3.05, 3.63) is 59.7 Å². The lowest BCUT2D eigenvalue weighted by molar-refractivity contribution is -0.0316. The zero-order valence-corrected chi connectivity index (χ0v) is 21.7. The third-order valence-corrected chi connectivity index (χ3v) is 12.2. The fourth-order valence-corrected chi connectivity index (χ4v) is 10.9. The molecule has 3 fully saturated rings. The number of hydrogen-bond acceptors (Lipinski definition) is 3. The van der Waals surface area contributed by atoms with Gasteiger partial charge in [-0.05, 0) is 103 Å². The molecular weight excluding hydrogens is 441 g/mol. The molecule has 1 saturated heterocycles. The van der Waals surface area contributed by atoms with Crippen molar-refractivity contribution in [1.29, 1.82) is 0 Å². The van der Waals surface area contributed by atoms with Crippen LogP contribution in [0.2, 0.25) is 0 Å². The van der Waals surface area contributed by atoms with E-state index >= 15 is 0 Å². The second-order valence-electron chi connectivity index (χ2n) is 11.3. The van der Waals surface area contributed by atoms with Crippen molar-refractivity contribution >= 4 is 12.8 Å². The molecule has 2 saturated carbocycles. The van der Waals surface area contributed by atoms with Crippen LogP contribution in [0.1, 0.15) is 63.0 Å². The molecule has 0 N–H and O–H groups in total. The molecule has 2 aromatic carbocycles. The molecule has 182 valence electrons. The Morgan fingerprint density at radius 2 is 2.00 bits per heavy atom. The predicted octanol–water partition coefficient (Wildman–Crippen LogP) is 6.41. The highest BCUT2D eigenvalue weighted by molar-refractivity contribution is 7.64. The first-order valence-electron chi connectivity index (χ1n) is 13.2. The summed E-state index contributed by atoms with van der Waals surface area (Å²) >= 11 is 0. The van der Waals surface area contributed by atoms with Gasteiger partial charge in [-0.25, -0.2) is 4.67 Å². The van der Waals surface area contributed by atoms with Crippen molar-refractivity contribution < 1.29 is 13.8 Å². The summed E-state index contributed by atoms with van der Waals surface area (Å²) in [4.78, 5) is 0. The van der Waals surface area contributed by atoms with Crippen molar-refractivity contribution in [2.24, 2.45) is 23.2 Å². The fourth-order valence-electron chi connectivity index (χ4n) is 8.12. The van der Waals surface area contributed by atoms with Gasteiger partial charge in [0.1, 0.15) is 5.75 Å². The van der Waals surface area contributed by atoms with Crippen LogP contribution in [0.5, 0.6) is 5.75 Å². The first-order chi connectivity index (χ1) is 16.5. The van der Waals surface area contributed by atoms with Crippen LogP contribution in [0.15, 0.2) is 48.5 Å². The number of methoxy groups -OCH3 is 1. The van der Waals surface area contributed by atoms with Gasteiger partial charge in [-0.15, -0.1) is 0 Å². The molecule has 0 bridgehead atoms. The Kier molecular flexibility index (Phi) is 5.71. The van der Waals surface area contributed by atoms with Gasteiger partial charge in [-0.2, -0.15) is 0 Å². The third-order valence-electron chi connectivity index (χ3n) is 9.64. The molecule has 4 aliphatic rings.